The fourth-order valence-electron chi connectivity index (χ4n) is 0.340. The molecule has 0 fully saturated rings. The molecule has 0 aliphatic carbocycles. The number of alkyl halides is 3. The Morgan fingerprint density at radius 3 is 2.40 bits per heavy atom. The highest BCUT2D eigenvalue weighted by atomic mass is 19.4. The molecule has 0 saturated carbocycles. The standard InChI is InChI=1S/C5H6F3NO/c1-2-3-4(10)9-5(6,7)8/h2H,1,3H2,(H,9,10). The van der Waals surface area contributed by atoms with Gasteiger partial charge in [0.15, 0.2) is 0 Å². The molecule has 10 heavy (non-hydrogen) atoms. The van der Waals surface area contributed by atoms with Crippen LogP contribution >= 0.6 is 0 Å². The molecule has 0 aliphatic heterocycles. The highest BCUT2D eigenvalue weighted by molar-refractivity contribution is 5.77. The molecule has 0 aromatic carbocycles. The predicted molar refractivity (Wildman–Crippen MR) is 29.0 cm³/mol. The van der Waals surface area contributed by atoms with Crippen LogP contribution in [0, 0.1) is 0 Å². The first-order valence-electron chi connectivity index (χ1n) is 2.44. The van der Waals surface area contributed by atoms with Crippen LogP contribution in [-0.4, -0.2) is 12.2 Å². The summed E-state index contributed by atoms with van der Waals surface area (Å²) in [6.45, 7) is 3.10. The van der Waals surface area contributed by atoms with Gasteiger partial charge in [0.1, 0.15) is 0 Å². The van der Waals surface area contributed by atoms with Crippen molar-refractivity contribution in [2.75, 3.05) is 0 Å². The molecule has 0 aromatic heterocycles. The van der Waals surface area contributed by atoms with E-state index >= 15 is 0 Å². The van der Waals surface area contributed by atoms with Gasteiger partial charge < -0.3 is 0 Å². The lowest BCUT2D eigenvalue weighted by atomic mass is 10.4. The summed E-state index contributed by atoms with van der Waals surface area (Å²) in [5.74, 6) is -1.09. The maximum Gasteiger partial charge on any atom is 0.484 e. The number of hydrogen-bond acceptors (Lipinski definition) is 1. The maximum absolute atomic E-state index is 11.3. The maximum atomic E-state index is 11.3. The second kappa shape index (κ2) is 3.24. The Balaban J connectivity index is 3.68. The Bertz CT molecular complexity index is 140. The van der Waals surface area contributed by atoms with Crippen LogP contribution in [0.4, 0.5) is 13.2 Å². The van der Waals surface area contributed by atoms with Crippen molar-refractivity contribution in [3.05, 3.63) is 12.7 Å². The van der Waals surface area contributed by atoms with Crippen LogP contribution in [0.25, 0.3) is 0 Å². The molecule has 0 aliphatic rings. The topological polar surface area (TPSA) is 29.1 Å². The van der Waals surface area contributed by atoms with E-state index in [1.165, 1.54) is 0 Å². The van der Waals surface area contributed by atoms with Crippen LogP contribution in [0.2, 0.25) is 0 Å². The molecule has 0 saturated heterocycles. The minimum absolute atomic E-state index is 0.320. The molecule has 0 spiro atoms. The lowest BCUT2D eigenvalue weighted by molar-refractivity contribution is -0.169. The predicted octanol–water partition coefficient (Wildman–Crippen LogP) is 1.20. The highest BCUT2D eigenvalue weighted by Crippen LogP contribution is 2.09. The van der Waals surface area contributed by atoms with Gasteiger partial charge in [-0.25, -0.2) is 0 Å². The molecule has 0 atom stereocenters. The Kier molecular flexibility index (Phi) is 2.92. The molecular weight excluding hydrogens is 147 g/mol. The molecule has 0 heterocycles. The fraction of sp³-hybridized carbons (Fsp3) is 0.400. The van der Waals surface area contributed by atoms with E-state index in [0.29, 0.717) is 0 Å². The van der Waals surface area contributed by atoms with E-state index in [4.69, 9.17) is 0 Å². The first-order valence-corrected chi connectivity index (χ1v) is 2.44. The van der Waals surface area contributed by atoms with Crippen LogP contribution in [0.5, 0.6) is 0 Å². The smallest absolute Gasteiger partial charge is 0.275 e. The average Bonchev–Trinajstić information content (AvgIpc) is 1.59. The molecule has 1 amide bonds. The quantitative estimate of drug-likeness (QED) is 0.468. The van der Waals surface area contributed by atoms with E-state index in [0.717, 1.165) is 11.4 Å². The van der Waals surface area contributed by atoms with Gasteiger partial charge in [0.2, 0.25) is 5.91 Å². The van der Waals surface area contributed by atoms with Gasteiger partial charge in [-0.2, -0.15) is 13.2 Å². The number of nitrogens with one attached hydrogen (secondary N) is 1. The summed E-state index contributed by atoms with van der Waals surface area (Å²) >= 11 is 0. The Morgan fingerprint density at radius 2 is 2.10 bits per heavy atom. The monoisotopic (exact) mass is 153 g/mol. The van der Waals surface area contributed by atoms with E-state index in [1.54, 1.807) is 0 Å². The first-order chi connectivity index (χ1) is 4.45. The van der Waals surface area contributed by atoms with Gasteiger partial charge in [-0.3, -0.25) is 10.1 Å². The van der Waals surface area contributed by atoms with Gasteiger partial charge >= 0.3 is 6.30 Å². The zero-order valence-corrected chi connectivity index (χ0v) is 5.03. The summed E-state index contributed by atoms with van der Waals surface area (Å²) in [6.07, 6.45) is -3.85. The van der Waals surface area contributed by atoms with Crippen molar-refractivity contribution in [2.45, 2.75) is 12.7 Å². The van der Waals surface area contributed by atoms with Crippen LogP contribution in [0.3, 0.4) is 0 Å². The lowest BCUT2D eigenvalue weighted by Crippen LogP contribution is -2.36. The molecule has 0 unspecified atom stereocenters. The second-order valence-electron chi connectivity index (χ2n) is 1.54. The largest absolute Gasteiger partial charge is 0.484 e. The summed E-state index contributed by atoms with van der Waals surface area (Å²) in [5.41, 5.74) is 0. The van der Waals surface area contributed by atoms with Gasteiger partial charge in [-0.05, 0) is 0 Å². The van der Waals surface area contributed by atoms with Gasteiger partial charge in [0.25, 0.3) is 0 Å². The number of halogens is 3. The van der Waals surface area contributed by atoms with Crippen LogP contribution in [-0.2, 0) is 4.79 Å². The first kappa shape index (κ1) is 9.00. The van der Waals surface area contributed by atoms with Crippen LogP contribution in [0.1, 0.15) is 6.42 Å². The molecule has 5 heteroatoms. The van der Waals surface area contributed by atoms with E-state index in [1.807, 2.05) is 0 Å². The van der Waals surface area contributed by atoms with Crippen molar-refractivity contribution in [1.82, 2.24) is 5.32 Å². The van der Waals surface area contributed by atoms with Gasteiger partial charge in [-0.1, -0.05) is 6.08 Å². The highest BCUT2D eigenvalue weighted by Gasteiger charge is 2.28. The summed E-state index contributed by atoms with van der Waals surface area (Å²) in [7, 11) is 0. The lowest BCUT2D eigenvalue weighted by Gasteiger charge is -2.05. The molecule has 0 aromatic rings. The molecule has 58 valence electrons. The molecule has 0 bridgehead atoms. The summed E-state index contributed by atoms with van der Waals surface area (Å²) < 4.78 is 33.8. The number of hydrogen-bond donors (Lipinski definition) is 1. The number of carbonyl (C=O) groups is 1. The van der Waals surface area contributed by atoms with E-state index in [9.17, 15) is 18.0 Å². The normalized spacial score (nSPS) is 10.7. The Morgan fingerprint density at radius 1 is 1.60 bits per heavy atom. The van der Waals surface area contributed by atoms with Crippen molar-refractivity contribution in [3.8, 4) is 0 Å². The van der Waals surface area contributed by atoms with Crippen molar-refractivity contribution >= 4 is 5.91 Å². The fourth-order valence-corrected chi connectivity index (χ4v) is 0.340. The third-order valence-electron chi connectivity index (χ3n) is 0.611. The molecule has 0 radical (unpaired) electrons. The summed E-state index contributed by atoms with van der Waals surface area (Å²) in [5, 5.41) is 0.810. The van der Waals surface area contributed by atoms with Crippen molar-refractivity contribution < 1.29 is 18.0 Å². The van der Waals surface area contributed by atoms with Crippen molar-refractivity contribution in [3.63, 3.8) is 0 Å². The Hall–Kier alpha value is -1.00. The van der Waals surface area contributed by atoms with Crippen LogP contribution < -0.4 is 5.32 Å². The zero-order valence-electron chi connectivity index (χ0n) is 5.03. The molecule has 1 N–H and O–H groups in total. The molecular formula is C5H6F3NO. The average molecular weight is 153 g/mol. The second-order valence-corrected chi connectivity index (χ2v) is 1.54. The summed E-state index contributed by atoms with van der Waals surface area (Å²) in [6, 6.07) is 0. The minimum Gasteiger partial charge on any atom is -0.275 e. The molecule has 0 rings (SSSR count). The van der Waals surface area contributed by atoms with E-state index in [-0.39, 0.29) is 6.42 Å². The van der Waals surface area contributed by atoms with E-state index < -0.39 is 12.2 Å². The van der Waals surface area contributed by atoms with Crippen molar-refractivity contribution in [1.29, 1.82) is 0 Å². The van der Waals surface area contributed by atoms with Crippen LogP contribution in [0.15, 0.2) is 12.7 Å². The van der Waals surface area contributed by atoms with Gasteiger partial charge in [-0.15, -0.1) is 6.58 Å². The van der Waals surface area contributed by atoms with Gasteiger partial charge in [0, 0.05) is 6.42 Å². The van der Waals surface area contributed by atoms with E-state index in [2.05, 4.69) is 6.58 Å². The third kappa shape index (κ3) is 5.14. The number of carbonyl (C=O) groups excluding carboxylic acids is 1. The van der Waals surface area contributed by atoms with Gasteiger partial charge in [0.05, 0.1) is 0 Å². The Labute approximate surface area is 55.7 Å². The number of rotatable bonds is 2. The SMILES string of the molecule is C=CCC(=O)NC(F)(F)F. The zero-order chi connectivity index (χ0) is 8.20. The minimum atomic E-state index is -4.62. The molecule has 2 nitrogen and oxygen atoms in total. The summed E-state index contributed by atoms with van der Waals surface area (Å²) in [4.78, 5) is 10.2. The number of amides is 1. The van der Waals surface area contributed by atoms with Crippen molar-refractivity contribution in [2.24, 2.45) is 0 Å². The third-order valence-corrected chi connectivity index (χ3v) is 0.611.